The summed E-state index contributed by atoms with van der Waals surface area (Å²) in [4.78, 5) is 18.4. The molecule has 140 valence electrons. The highest BCUT2D eigenvalue weighted by molar-refractivity contribution is 7.99. The van der Waals surface area contributed by atoms with Crippen molar-refractivity contribution in [3.63, 3.8) is 0 Å². The maximum Gasteiger partial charge on any atom is 0.251 e. The molecule has 0 spiro atoms. The van der Waals surface area contributed by atoms with Gasteiger partial charge >= 0.3 is 0 Å². The number of aromatic nitrogens is 2. The third-order valence-electron chi connectivity index (χ3n) is 3.77. The van der Waals surface area contributed by atoms with Gasteiger partial charge in [0.25, 0.3) is 5.56 Å². The Morgan fingerprint density at radius 3 is 2.59 bits per heavy atom. The quantitative estimate of drug-likeness (QED) is 0.345. The van der Waals surface area contributed by atoms with Crippen molar-refractivity contribution in [3.8, 4) is 16.9 Å². The molecule has 3 rings (SSSR count). The number of hydrogen-bond acceptors (Lipinski definition) is 5. The summed E-state index contributed by atoms with van der Waals surface area (Å²) in [7, 11) is 0. The zero-order valence-electron chi connectivity index (χ0n) is 15.2. The van der Waals surface area contributed by atoms with E-state index in [1.807, 2.05) is 36.4 Å². The standard InChI is InChI=1S/C21H22N2O3S/c1-16-15-20(24)23-21(22-16)27-14-13-25-11-12-26-19-10-6-5-9-18(19)17-7-3-2-4-8-17/h2-10,15H,11-14H2,1H3,(H,22,23,24). The summed E-state index contributed by atoms with van der Waals surface area (Å²) in [6.45, 7) is 3.35. The Balaban J connectivity index is 1.40. The summed E-state index contributed by atoms with van der Waals surface area (Å²) in [5.41, 5.74) is 2.79. The number of ether oxygens (including phenoxy) is 2. The molecule has 6 heteroatoms. The van der Waals surface area contributed by atoms with Crippen LogP contribution in [-0.4, -0.2) is 35.5 Å². The van der Waals surface area contributed by atoms with Gasteiger partial charge in [-0.1, -0.05) is 60.3 Å². The average molecular weight is 382 g/mol. The molecular weight excluding hydrogens is 360 g/mol. The zero-order valence-corrected chi connectivity index (χ0v) is 16.0. The van der Waals surface area contributed by atoms with E-state index in [1.54, 1.807) is 6.92 Å². The first-order valence-corrected chi connectivity index (χ1v) is 9.77. The van der Waals surface area contributed by atoms with Crippen LogP contribution in [0.4, 0.5) is 0 Å². The van der Waals surface area contributed by atoms with Gasteiger partial charge in [0, 0.05) is 23.1 Å². The lowest BCUT2D eigenvalue weighted by molar-refractivity contribution is 0.112. The molecule has 0 aliphatic rings. The van der Waals surface area contributed by atoms with Gasteiger partial charge in [0.15, 0.2) is 5.16 Å². The molecule has 0 unspecified atom stereocenters. The predicted octanol–water partition coefficient (Wildman–Crippen LogP) is 3.93. The molecule has 5 nitrogen and oxygen atoms in total. The molecule has 27 heavy (non-hydrogen) atoms. The van der Waals surface area contributed by atoms with E-state index in [4.69, 9.17) is 9.47 Å². The van der Waals surface area contributed by atoms with Gasteiger partial charge in [-0.25, -0.2) is 4.98 Å². The lowest BCUT2D eigenvalue weighted by Gasteiger charge is -2.12. The normalized spacial score (nSPS) is 10.7. The molecule has 0 aliphatic carbocycles. The van der Waals surface area contributed by atoms with Gasteiger partial charge in [0.1, 0.15) is 12.4 Å². The van der Waals surface area contributed by atoms with Gasteiger partial charge in [-0.3, -0.25) is 4.79 Å². The van der Waals surface area contributed by atoms with Crippen LogP contribution in [0.2, 0.25) is 0 Å². The predicted molar refractivity (Wildman–Crippen MR) is 109 cm³/mol. The Bertz CT molecular complexity index is 913. The molecule has 1 aromatic heterocycles. The lowest BCUT2D eigenvalue weighted by atomic mass is 10.1. The number of aryl methyl sites for hydroxylation is 1. The van der Waals surface area contributed by atoms with Gasteiger partial charge in [-0.2, -0.15) is 0 Å². The Labute approximate surface area is 162 Å². The minimum absolute atomic E-state index is 0.128. The Morgan fingerprint density at radius 2 is 1.78 bits per heavy atom. The number of H-pyrrole nitrogens is 1. The first-order chi connectivity index (χ1) is 13.2. The molecule has 3 aromatic rings. The Morgan fingerprint density at radius 1 is 1.00 bits per heavy atom. The molecule has 1 heterocycles. The molecule has 0 amide bonds. The van der Waals surface area contributed by atoms with E-state index in [0.29, 0.717) is 36.4 Å². The molecule has 0 atom stereocenters. The minimum Gasteiger partial charge on any atom is -0.491 e. The van der Waals surface area contributed by atoms with Crippen molar-refractivity contribution in [2.45, 2.75) is 12.1 Å². The van der Waals surface area contributed by atoms with Crippen LogP contribution in [0.25, 0.3) is 11.1 Å². The van der Waals surface area contributed by atoms with Gasteiger partial charge in [0.05, 0.1) is 13.2 Å². The highest BCUT2D eigenvalue weighted by Gasteiger charge is 2.05. The highest BCUT2D eigenvalue weighted by atomic mass is 32.2. The van der Waals surface area contributed by atoms with Crippen molar-refractivity contribution >= 4 is 11.8 Å². The van der Waals surface area contributed by atoms with Crippen LogP contribution >= 0.6 is 11.8 Å². The molecule has 0 aliphatic heterocycles. The van der Waals surface area contributed by atoms with Crippen LogP contribution in [0.3, 0.4) is 0 Å². The number of thioether (sulfide) groups is 1. The van der Waals surface area contributed by atoms with Crippen molar-refractivity contribution in [1.29, 1.82) is 0 Å². The van der Waals surface area contributed by atoms with Crippen molar-refractivity contribution in [2.24, 2.45) is 0 Å². The fraction of sp³-hybridized carbons (Fsp3) is 0.238. The van der Waals surface area contributed by atoms with Crippen molar-refractivity contribution < 1.29 is 9.47 Å². The van der Waals surface area contributed by atoms with Crippen molar-refractivity contribution in [1.82, 2.24) is 9.97 Å². The second-order valence-corrected chi connectivity index (χ2v) is 6.95. The molecular formula is C21H22N2O3S. The largest absolute Gasteiger partial charge is 0.491 e. The number of nitrogens with zero attached hydrogens (tertiary/aromatic N) is 1. The average Bonchev–Trinajstić information content (AvgIpc) is 2.67. The maximum atomic E-state index is 11.4. The van der Waals surface area contributed by atoms with E-state index >= 15 is 0 Å². The molecule has 0 saturated carbocycles. The summed E-state index contributed by atoms with van der Waals surface area (Å²) in [6.07, 6.45) is 0. The SMILES string of the molecule is Cc1cc(=O)[nH]c(SCCOCCOc2ccccc2-c2ccccc2)n1. The number of para-hydroxylation sites is 1. The number of aromatic amines is 1. The number of benzene rings is 2. The van der Waals surface area contributed by atoms with E-state index in [9.17, 15) is 4.79 Å². The van der Waals surface area contributed by atoms with Gasteiger partial charge in [-0.15, -0.1) is 0 Å². The smallest absolute Gasteiger partial charge is 0.251 e. The topological polar surface area (TPSA) is 64.2 Å². The molecule has 1 N–H and O–H groups in total. The lowest BCUT2D eigenvalue weighted by Crippen LogP contribution is -2.10. The van der Waals surface area contributed by atoms with E-state index in [0.717, 1.165) is 16.9 Å². The minimum atomic E-state index is -0.128. The second-order valence-electron chi connectivity index (χ2n) is 5.86. The summed E-state index contributed by atoms with van der Waals surface area (Å²) >= 11 is 1.47. The van der Waals surface area contributed by atoms with E-state index < -0.39 is 0 Å². The summed E-state index contributed by atoms with van der Waals surface area (Å²) in [6, 6.07) is 19.6. The van der Waals surface area contributed by atoms with Crippen LogP contribution in [0.5, 0.6) is 5.75 Å². The van der Waals surface area contributed by atoms with Gasteiger partial charge in [0.2, 0.25) is 0 Å². The number of hydrogen-bond donors (Lipinski definition) is 1. The van der Waals surface area contributed by atoms with Crippen LogP contribution in [-0.2, 0) is 4.74 Å². The maximum absolute atomic E-state index is 11.4. The number of rotatable bonds is 9. The summed E-state index contributed by atoms with van der Waals surface area (Å²) < 4.78 is 11.5. The first kappa shape index (κ1) is 19.2. The van der Waals surface area contributed by atoms with E-state index in [1.165, 1.54) is 17.8 Å². The molecule has 2 aromatic carbocycles. The first-order valence-electron chi connectivity index (χ1n) is 8.78. The zero-order chi connectivity index (χ0) is 18.9. The van der Waals surface area contributed by atoms with Gasteiger partial charge < -0.3 is 14.5 Å². The molecule has 0 bridgehead atoms. The monoisotopic (exact) mass is 382 g/mol. The van der Waals surface area contributed by atoms with Crippen molar-refractivity contribution in [3.05, 3.63) is 76.7 Å². The summed E-state index contributed by atoms with van der Waals surface area (Å²) in [5, 5.41) is 0.622. The number of nitrogens with one attached hydrogen (secondary N) is 1. The second kappa shape index (κ2) is 9.94. The highest BCUT2D eigenvalue weighted by Crippen LogP contribution is 2.29. The fourth-order valence-corrected chi connectivity index (χ4v) is 3.35. The Kier molecular flexibility index (Phi) is 7.07. The Hall–Kier alpha value is -2.57. The third kappa shape index (κ3) is 5.98. The van der Waals surface area contributed by atoms with Crippen LogP contribution in [0.1, 0.15) is 5.69 Å². The summed E-state index contributed by atoms with van der Waals surface area (Å²) in [5.74, 6) is 1.57. The van der Waals surface area contributed by atoms with E-state index in [2.05, 4.69) is 28.2 Å². The molecule has 0 fully saturated rings. The van der Waals surface area contributed by atoms with Crippen LogP contribution in [0, 0.1) is 6.92 Å². The van der Waals surface area contributed by atoms with Crippen LogP contribution in [0.15, 0.2) is 70.6 Å². The third-order valence-corrected chi connectivity index (χ3v) is 4.61. The van der Waals surface area contributed by atoms with Crippen LogP contribution < -0.4 is 10.3 Å². The van der Waals surface area contributed by atoms with Crippen molar-refractivity contribution in [2.75, 3.05) is 25.6 Å². The van der Waals surface area contributed by atoms with Gasteiger partial charge in [-0.05, 0) is 18.6 Å². The molecule has 0 radical (unpaired) electrons. The fourth-order valence-electron chi connectivity index (χ4n) is 2.58. The molecule has 0 saturated heterocycles. The van der Waals surface area contributed by atoms with E-state index in [-0.39, 0.29) is 5.56 Å².